The van der Waals surface area contributed by atoms with E-state index in [0.717, 1.165) is 16.3 Å². The van der Waals surface area contributed by atoms with Crippen LogP contribution in [0.25, 0.3) is 11.3 Å². The van der Waals surface area contributed by atoms with E-state index in [-0.39, 0.29) is 5.91 Å². The molecule has 0 spiro atoms. The molecule has 1 N–H and O–H groups in total. The Bertz CT molecular complexity index is 967. The largest absolute Gasteiger partial charge is 0.495 e. The molecule has 1 amide bonds. The number of carbonyl (C=O) groups is 1. The zero-order chi connectivity index (χ0) is 19.9. The molecule has 0 aliphatic rings. The van der Waals surface area contributed by atoms with Crippen LogP contribution in [-0.4, -0.2) is 28.7 Å². The summed E-state index contributed by atoms with van der Waals surface area (Å²) in [5.74, 6) is 1.81. The van der Waals surface area contributed by atoms with Gasteiger partial charge in [0.1, 0.15) is 16.6 Å². The molecule has 0 atom stereocenters. The molecule has 0 aliphatic heterocycles. The summed E-state index contributed by atoms with van der Waals surface area (Å²) in [6, 6.07) is 17.1. The number of aromatic nitrogens is 2. The molecular weight excluding hydrogens is 394 g/mol. The molecule has 2 aromatic carbocycles. The smallest absolute Gasteiger partial charge is 0.225 e. The molecule has 0 aliphatic carbocycles. The fourth-order valence-electron chi connectivity index (χ4n) is 2.59. The molecule has 0 saturated heterocycles. The summed E-state index contributed by atoms with van der Waals surface area (Å²) in [5, 5.41) is 4.16. The summed E-state index contributed by atoms with van der Waals surface area (Å²) in [6.07, 6.45) is 0.359. The van der Waals surface area contributed by atoms with Gasteiger partial charge in [-0.3, -0.25) is 4.79 Å². The van der Waals surface area contributed by atoms with Gasteiger partial charge in [-0.25, -0.2) is 9.97 Å². The van der Waals surface area contributed by atoms with Crippen molar-refractivity contribution < 1.29 is 9.53 Å². The van der Waals surface area contributed by atoms with Crippen molar-refractivity contribution in [2.45, 2.75) is 18.4 Å². The van der Waals surface area contributed by atoms with Crippen molar-refractivity contribution in [3.8, 4) is 17.0 Å². The highest BCUT2D eigenvalue weighted by molar-refractivity contribution is 7.99. The van der Waals surface area contributed by atoms with Crippen LogP contribution in [0.2, 0.25) is 5.02 Å². The number of methoxy groups -OCH3 is 1. The van der Waals surface area contributed by atoms with Gasteiger partial charge in [-0.2, -0.15) is 0 Å². The molecule has 3 rings (SSSR count). The van der Waals surface area contributed by atoms with Crippen molar-refractivity contribution in [3.63, 3.8) is 0 Å². The number of aryl methyl sites for hydroxylation is 1. The zero-order valence-corrected chi connectivity index (χ0v) is 17.2. The van der Waals surface area contributed by atoms with Crippen LogP contribution in [0, 0.1) is 6.92 Å². The van der Waals surface area contributed by atoms with E-state index in [0.29, 0.717) is 34.5 Å². The lowest BCUT2D eigenvalue weighted by molar-refractivity contribution is -0.115. The number of thioether (sulfide) groups is 1. The second-order valence-electron chi connectivity index (χ2n) is 6.00. The summed E-state index contributed by atoms with van der Waals surface area (Å²) in [7, 11) is 1.55. The maximum atomic E-state index is 12.2. The Morgan fingerprint density at radius 1 is 1.14 bits per heavy atom. The van der Waals surface area contributed by atoms with Crippen LogP contribution in [0.4, 0.5) is 5.69 Å². The van der Waals surface area contributed by atoms with E-state index in [2.05, 4.69) is 15.3 Å². The van der Waals surface area contributed by atoms with Gasteiger partial charge in [0.15, 0.2) is 0 Å². The van der Waals surface area contributed by atoms with E-state index in [1.165, 1.54) is 11.8 Å². The van der Waals surface area contributed by atoms with Crippen LogP contribution >= 0.6 is 23.4 Å². The number of rotatable bonds is 7. The predicted molar refractivity (Wildman–Crippen MR) is 114 cm³/mol. The molecule has 1 heterocycles. The van der Waals surface area contributed by atoms with Gasteiger partial charge in [-0.1, -0.05) is 41.9 Å². The molecule has 0 saturated carbocycles. The lowest BCUT2D eigenvalue weighted by Crippen LogP contribution is -2.12. The second kappa shape index (κ2) is 9.57. The van der Waals surface area contributed by atoms with E-state index >= 15 is 0 Å². The van der Waals surface area contributed by atoms with E-state index in [1.807, 2.05) is 43.3 Å². The van der Waals surface area contributed by atoms with Gasteiger partial charge in [-0.05, 0) is 31.2 Å². The minimum absolute atomic E-state index is 0.0807. The molecule has 0 fully saturated rings. The minimum Gasteiger partial charge on any atom is -0.495 e. The van der Waals surface area contributed by atoms with Crippen LogP contribution in [0.5, 0.6) is 5.75 Å². The summed E-state index contributed by atoms with van der Waals surface area (Å²) >= 11 is 7.62. The Balaban J connectivity index is 1.57. The molecule has 28 heavy (non-hydrogen) atoms. The Morgan fingerprint density at radius 2 is 1.93 bits per heavy atom. The van der Waals surface area contributed by atoms with Crippen molar-refractivity contribution in [2.24, 2.45) is 0 Å². The Kier molecular flexibility index (Phi) is 6.90. The molecular formula is C21H20ClN3O2S. The molecule has 0 radical (unpaired) electrons. The molecule has 144 valence electrons. The number of nitrogens with one attached hydrogen (secondary N) is 1. The number of ether oxygens (including phenoxy) is 1. The molecule has 3 aromatic rings. The van der Waals surface area contributed by atoms with E-state index in [9.17, 15) is 4.79 Å². The Morgan fingerprint density at radius 3 is 2.64 bits per heavy atom. The van der Waals surface area contributed by atoms with Gasteiger partial charge in [0.05, 0.1) is 17.8 Å². The minimum atomic E-state index is -0.0807. The van der Waals surface area contributed by atoms with Crippen LogP contribution < -0.4 is 10.1 Å². The van der Waals surface area contributed by atoms with Crippen molar-refractivity contribution >= 4 is 35.0 Å². The first-order valence-electron chi connectivity index (χ1n) is 8.72. The summed E-state index contributed by atoms with van der Waals surface area (Å²) in [6.45, 7) is 1.87. The third-order valence-electron chi connectivity index (χ3n) is 3.90. The van der Waals surface area contributed by atoms with Crippen LogP contribution in [0.15, 0.2) is 59.6 Å². The van der Waals surface area contributed by atoms with Gasteiger partial charge in [0.25, 0.3) is 0 Å². The summed E-state index contributed by atoms with van der Waals surface area (Å²) in [5.41, 5.74) is 2.57. The zero-order valence-electron chi connectivity index (χ0n) is 15.6. The normalized spacial score (nSPS) is 10.5. The SMILES string of the molecule is COc1ccc(NC(=O)CCSc2cc(-c3ccccc3)nc(C)n2)cc1Cl. The maximum Gasteiger partial charge on any atom is 0.225 e. The number of anilines is 1. The molecule has 1 aromatic heterocycles. The van der Waals surface area contributed by atoms with Crippen molar-refractivity contribution in [3.05, 3.63) is 65.4 Å². The lowest BCUT2D eigenvalue weighted by atomic mass is 10.1. The van der Waals surface area contributed by atoms with E-state index in [1.54, 1.807) is 25.3 Å². The number of benzene rings is 2. The van der Waals surface area contributed by atoms with Crippen molar-refractivity contribution in [2.75, 3.05) is 18.2 Å². The first-order valence-corrected chi connectivity index (χ1v) is 10.1. The van der Waals surface area contributed by atoms with Gasteiger partial charge in [0, 0.05) is 23.4 Å². The van der Waals surface area contributed by atoms with Crippen LogP contribution in [-0.2, 0) is 4.79 Å². The van der Waals surface area contributed by atoms with E-state index in [4.69, 9.17) is 16.3 Å². The first kappa shape index (κ1) is 20.2. The molecule has 7 heteroatoms. The highest BCUT2D eigenvalue weighted by Gasteiger charge is 2.08. The van der Waals surface area contributed by atoms with Crippen LogP contribution in [0.1, 0.15) is 12.2 Å². The number of hydrogen-bond donors (Lipinski definition) is 1. The number of nitrogens with zero attached hydrogens (tertiary/aromatic N) is 2. The number of amides is 1. The predicted octanol–water partition coefficient (Wildman–Crippen LogP) is 5.23. The number of halogens is 1. The Hall–Kier alpha value is -2.57. The van der Waals surface area contributed by atoms with E-state index < -0.39 is 0 Å². The number of hydrogen-bond acceptors (Lipinski definition) is 5. The third-order valence-corrected chi connectivity index (χ3v) is 5.11. The summed E-state index contributed by atoms with van der Waals surface area (Å²) < 4.78 is 5.11. The monoisotopic (exact) mass is 413 g/mol. The summed E-state index contributed by atoms with van der Waals surface area (Å²) in [4.78, 5) is 21.2. The quantitative estimate of drug-likeness (QED) is 0.424. The second-order valence-corrected chi connectivity index (χ2v) is 7.52. The van der Waals surface area contributed by atoms with Gasteiger partial charge >= 0.3 is 0 Å². The van der Waals surface area contributed by atoms with Crippen LogP contribution in [0.3, 0.4) is 0 Å². The standard InChI is InChI=1S/C21H20ClN3O2S/c1-14-23-18(15-6-4-3-5-7-15)13-21(24-14)28-11-10-20(26)25-16-8-9-19(27-2)17(22)12-16/h3-9,12-13H,10-11H2,1-2H3,(H,25,26). The fraction of sp³-hybridized carbons (Fsp3) is 0.190. The Labute approximate surface area is 173 Å². The lowest BCUT2D eigenvalue weighted by Gasteiger charge is -2.08. The highest BCUT2D eigenvalue weighted by Crippen LogP contribution is 2.27. The number of carbonyl (C=O) groups excluding carboxylic acids is 1. The average molecular weight is 414 g/mol. The van der Waals surface area contributed by atoms with Gasteiger partial charge in [-0.15, -0.1) is 11.8 Å². The van der Waals surface area contributed by atoms with Gasteiger partial charge < -0.3 is 10.1 Å². The highest BCUT2D eigenvalue weighted by atomic mass is 35.5. The molecule has 5 nitrogen and oxygen atoms in total. The van der Waals surface area contributed by atoms with Gasteiger partial charge in [0.2, 0.25) is 5.91 Å². The maximum absolute atomic E-state index is 12.2. The molecule has 0 bridgehead atoms. The van der Waals surface area contributed by atoms with Crippen molar-refractivity contribution in [1.29, 1.82) is 0 Å². The fourth-order valence-corrected chi connectivity index (χ4v) is 3.73. The average Bonchev–Trinajstić information content (AvgIpc) is 2.68. The molecule has 0 unspecified atom stereocenters. The van der Waals surface area contributed by atoms with Crippen molar-refractivity contribution in [1.82, 2.24) is 9.97 Å². The third kappa shape index (κ3) is 5.47. The first-order chi connectivity index (χ1) is 13.5. The topological polar surface area (TPSA) is 64.1 Å².